The molecule has 1 spiro atoms. The zero-order valence-corrected chi connectivity index (χ0v) is 17.3. The standard InChI is InChI=1S/C20H25ClN4OS/c1-13-7-18(24-19(22)23-13)25-11-20(5-6-20)12-26-9-17(25)15-4-3-14(10-27-2)8-16(15)21/h3-4,7-8,17H,5-6,9-12H2,1-2H3,(H2,22,23,24). The van der Waals surface area contributed by atoms with E-state index in [1.807, 2.05) is 13.0 Å². The highest BCUT2D eigenvalue weighted by Crippen LogP contribution is 2.50. The fourth-order valence-electron chi connectivity index (χ4n) is 3.79. The first-order chi connectivity index (χ1) is 13.0. The highest BCUT2D eigenvalue weighted by molar-refractivity contribution is 7.97. The molecule has 1 unspecified atom stereocenters. The summed E-state index contributed by atoms with van der Waals surface area (Å²) < 4.78 is 6.11. The molecular weight excluding hydrogens is 380 g/mol. The van der Waals surface area contributed by atoms with Crippen molar-refractivity contribution >= 4 is 35.1 Å². The molecule has 7 heteroatoms. The molecule has 2 fully saturated rings. The average Bonchev–Trinajstić information content (AvgIpc) is 3.40. The second-order valence-corrected chi connectivity index (χ2v) is 8.95. The zero-order chi connectivity index (χ0) is 19.0. The average molecular weight is 405 g/mol. The largest absolute Gasteiger partial charge is 0.378 e. The van der Waals surface area contributed by atoms with Gasteiger partial charge < -0.3 is 15.4 Å². The molecule has 2 aliphatic rings. The number of rotatable bonds is 4. The quantitative estimate of drug-likeness (QED) is 0.822. The summed E-state index contributed by atoms with van der Waals surface area (Å²) in [6, 6.07) is 8.38. The maximum Gasteiger partial charge on any atom is 0.222 e. The number of nitrogen functional groups attached to an aromatic ring is 1. The lowest BCUT2D eigenvalue weighted by Gasteiger charge is -2.33. The second-order valence-electron chi connectivity index (χ2n) is 7.67. The van der Waals surface area contributed by atoms with Gasteiger partial charge in [0.05, 0.1) is 19.3 Å². The van der Waals surface area contributed by atoms with Gasteiger partial charge in [0.2, 0.25) is 5.95 Å². The molecule has 4 rings (SSSR count). The van der Waals surface area contributed by atoms with E-state index >= 15 is 0 Å². The van der Waals surface area contributed by atoms with Gasteiger partial charge in [0.15, 0.2) is 0 Å². The van der Waals surface area contributed by atoms with Crippen LogP contribution in [-0.4, -0.2) is 36.0 Å². The Morgan fingerprint density at radius 1 is 1.33 bits per heavy atom. The first-order valence-electron chi connectivity index (χ1n) is 9.22. The third-order valence-corrected chi connectivity index (χ3v) is 6.36. The molecule has 1 atom stereocenters. The number of nitrogens with zero attached hydrogens (tertiary/aromatic N) is 3. The number of thioether (sulfide) groups is 1. The molecule has 1 aliphatic heterocycles. The van der Waals surface area contributed by atoms with Crippen molar-refractivity contribution in [3.63, 3.8) is 0 Å². The van der Waals surface area contributed by atoms with E-state index in [0.717, 1.165) is 41.0 Å². The Balaban J connectivity index is 1.74. The number of ether oxygens (including phenoxy) is 1. The first-order valence-corrected chi connectivity index (χ1v) is 11.0. The van der Waals surface area contributed by atoms with Crippen molar-refractivity contribution in [3.8, 4) is 0 Å². The van der Waals surface area contributed by atoms with Gasteiger partial charge in [0, 0.05) is 34.5 Å². The topological polar surface area (TPSA) is 64.3 Å². The molecule has 0 bridgehead atoms. The van der Waals surface area contributed by atoms with Crippen molar-refractivity contribution in [2.75, 3.05) is 36.6 Å². The molecule has 1 saturated heterocycles. The lowest BCUT2D eigenvalue weighted by Crippen LogP contribution is -2.35. The summed E-state index contributed by atoms with van der Waals surface area (Å²) in [7, 11) is 0. The maximum atomic E-state index is 6.70. The number of aryl methyl sites for hydroxylation is 1. The second kappa shape index (κ2) is 7.49. The van der Waals surface area contributed by atoms with Crippen LogP contribution in [0.2, 0.25) is 5.02 Å². The Morgan fingerprint density at radius 2 is 2.15 bits per heavy atom. The van der Waals surface area contributed by atoms with Gasteiger partial charge in [0.1, 0.15) is 5.82 Å². The molecule has 1 saturated carbocycles. The fourth-order valence-corrected chi connectivity index (χ4v) is 4.63. The Bertz CT molecular complexity index is 822. The predicted molar refractivity (Wildman–Crippen MR) is 112 cm³/mol. The van der Waals surface area contributed by atoms with Crippen molar-refractivity contribution in [2.45, 2.75) is 31.6 Å². The van der Waals surface area contributed by atoms with Crippen molar-refractivity contribution in [1.82, 2.24) is 9.97 Å². The number of aromatic nitrogens is 2. The number of hydrogen-bond acceptors (Lipinski definition) is 6. The summed E-state index contributed by atoms with van der Waals surface area (Å²) >= 11 is 8.50. The van der Waals surface area contributed by atoms with E-state index in [4.69, 9.17) is 22.1 Å². The number of hydrogen-bond donors (Lipinski definition) is 1. The molecule has 2 aromatic rings. The monoisotopic (exact) mass is 404 g/mol. The molecule has 5 nitrogen and oxygen atoms in total. The van der Waals surface area contributed by atoms with Gasteiger partial charge in [-0.1, -0.05) is 23.7 Å². The Morgan fingerprint density at radius 3 is 2.81 bits per heavy atom. The van der Waals surface area contributed by atoms with Crippen LogP contribution in [0.5, 0.6) is 0 Å². The predicted octanol–water partition coefficient (Wildman–Crippen LogP) is 4.24. The van der Waals surface area contributed by atoms with Crippen LogP contribution in [0.25, 0.3) is 0 Å². The van der Waals surface area contributed by atoms with Crippen LogP contribution < -0.4 is 10.6 Å². The Kier molecular flexibility index (Phi) is 5.23. The summed E-state index contributed by atoms with van der Waals surface area (Å²) in [6.07, 6.45) is 4.48. The Hall–Kier alpha value is -1.50. The third-order valence-electron chi connectivity index (χ3n) is 5.41. The molecule has 2 heterocycles. The van der Waals surface area contributed by atoms with Crippen LogP contribution >= 0.6 is 23.4 Å². The number of nitrogens with two attached hydrogens (primary N) is 1. The SMILES string of the molecule is CSCc1ccc(C2COCC3(CC3)CN2c2cc(C)nc(N)n2)c(Cl)c1. The molecule has 27 heavy (non-hydrogen) atoms. The van der Waals surface area contributed by atoms with E-state index in [0.29, 0.717) is 12.6 Å². The summed E-state index contributed by atoms with van der Waals surface area (Å²) in [5.74, 6) is 2.11. The third kappa shape index (κ3) is 4.03. The minimum Gasteiger partial charge on any atom is -0.378 e. The molecule has 2 N–H and O–H groups in total. The van der Waals surface area contributed by atoms with E-state index < -0.39 is 0 Å². The summed E-state index contributed by atoms with van der Waals surface area (Å²) in [5, 5.41) is 0.783. The zero-order valence-electron chi connectivity index (χ0n) is 15.7. The Labute approximate surface area is 169 Å². The lowest BCUT2D eigenvalue weighted by molar-refractivity contribution is 0.103. The molecule has 1 aromatic heterocycles. The van der Waals surface area contributed by atoms with Crippen molar-refractivity contribution in [2.24, 2.45) is 5.41 Å². The van der Waals surface area contributed by atoms with Crippen molar-refractivity contribution in [1.29, 1.82) is 0 Å². The summed E-state index contributed by atoms with van der Waals surface area (Å²) in [4.78, 5) is 11.1. The van der Waals surface area contributed by atoms with Crippen LogP contribution in [0.3, 0.4) is 0 Å². The smallest absolute Gasteiger partial charge is 0.222 e. The van der Waals surface area contributed by atoms with E-state index in [1.165, 1.54) is 18.4 Å². The normalized spacial score (nSPS) is 21.3. The van der Waals surface area contributed by atoms with Gasteiger partial charge in [-0.15, -0.1) is 0 Å². The van der Waals surface area contributed by atoms with Crippen LogP contribution in [0, 0.1) is 12.3 Å². The van der Waals surface area contributed by atoms with E-state index in [9.17, 15) is 0 Å². The van der Waals surface area contributed by atoms with Gasteiger partial charge in [-0.3, -0.25) is 0 Å². The maximum absolute atomic E-state index is 6.70. The van der Waals surface area contributed by atoms with Crippen molar-refractivity contribution in [3.05, 3.63) is 46.1 Å². The molecule has 0 radical (unpaired) electrons. The van der Waals surface area contributed by atoms with Crippen molar-refractivity contribution < 1.29 is 4.74 Å². The van der Waals surface area contributed by atoms with Crippen LogP contribution in [0.1, 0.15) is 35.7 Å². The van der Waals surface area contributed by atoms with Gasteiger partial charge in [-0.25, -0.2) is 4.98 Å². The molecule has 1 aromatic carbocycles. The molecule has 144 valence electrons. The van der Waals surface area contributed by atoms with Gasteiger partial charge >= 0.3 is 0 Å². The number of anilines is 2. The van der Waals surface area contributed by atoms with Crippen LogP contribution in [-0.2, 0) is 10.5 Å². The fraction of sp³-hybridized carbons (Fsp3) is 0.500. The van der Waals surface area contributed by atoms with E-state index in [1.54, 1.807) is 11.8 Å². The van der Waals surface area contributed by atoms with Crippen LogP contribution in [0.4, 0.5) is 11.8 Å². The van der Waals surface area contributed by atoms with E-state index in [2.05, 4.69) is 39.3 Å². The van der Waals surface area contributed by atoms with Gasteiger partial charge in [-0.2, -0.15) is 16.7 Å². The summed E-state index contributed by atoms with van der Waals surface area (Å²) in [6.45, 7) is 4.23. The number of benzene rings is 1. The minimum absolute atomic E-state index is 0.00880. The van der Waals surface area contributed by atoms with Gasteiger partial charge in [-0.05, 0) is 43.2 Å². The highest BCUT2D eigenvalue weighted by Gasteiger charge is 2.48. The molecule has 1 aliphatic carbocycles. The molecule has 0 amide bonds. The number of halogens is 1. The lowest BCUT2D eigenvalue weighted by atomic mass is 10.0. The summed E-state index contributed by atoms with van der Waals surface area (Å²) in [5.41, 5.74) is 9.36. The molecular formula is C20H25ClN4OS. The minimum atomic E-state index is 0.00880. The van der Waals surface area contributed by atoms with E-state index in [-0.39, 0.29) is 11.5 Å². The first kappa shape index (κ1) is 18.8. The van der Waals surface area contributed by atoms with Crippen LogP contribution in [0.15, 0.2) is 24.3 Å². The highest BCUT2D eigenvalue weighted by atomic mass is 35.5. The van der Waals surface area contributed by atoms with Gasteiger partial charge in [0.25, 0.3) is 0 Å².